The van der Waals surface area contributed by atoms with E-state index < -0.39 is 0 Å². The number of aromatic amines is 1. The van der Waals surface area contributed by atoms with E-state index in [1.165, 1.54) is 0 Å². The summed E-state index contributed by atoms with van der Waals surface area (Å²) in [6.45, 7) is 0.503. The maximum absolute atomic E-state index is 9.73. The Balaban J connectivity index is 1.46. The first kappa shape index (κ1) is 19.0. The molecule has 0 spiro atoms. The van der Waals surface area contributed by atoms with Crippen molar-refractivity contribution < 1.29 is 9.47 Å². The summed E-state index contributed by atoms with van der Waals surface area (Å²) in [5, 5.41) is 21.1. The number of rotatable bonds is 5. The molecule has 0 fully saturated rings. The van der Waals surface area contributed by atoms with Crippen molar-refractivity contribution in [3.63, 3.8) is 0 Å². The summed E-state index contributed by atoms with van der Waals surface area (Å²) in [7, 11) is 0. The first-order valence-electron chi connectivity index (χ1n) is 9.69. The maximum atomic E-state index is 9.73. The molecule has 0 saturated heterocycles. The Kier molecular flexibility index (Phi) is 4.90. The van der Waals surface area contributed by atoms with E-state index in [4.69, 9.17) is 15.2 Å². The van der Waals surface area contributed by atoms with Crippen molar-refractivity contribution in [2.24, 2.45) is 5.73 Å². The first-order valence-corrected chi connectivity index (χ1v) is 10.6. The zero-order valence-corrected chi connectivity index (χ0v) is 17.2. The SMILES string of the molecule is N#CC1=C(N)Oc2n[nH]c(-c3ccc(OCc4ccccc4)cc3)c2[C@@H]1c1ccsc1. The van der Waals surface area contributed by atoms with Crippen LogP contribution in [0.15, 0.2) is 82.9 Å². The molecule has 0 amide bonds. The highest BCUT2D eigenvalue weighted by Crippen LogP contribution is 2.46. The van der Waals surface area contributed by atoms with Crippen LogP contribution in [0.4, 0.5) is 0 Å². The van der Waals surface area contributed by atoms with Gasteiger partial charge in [-0.1, -0.05) is 30.3 Å². The molecule has 0 saturated carbocycles. The third-order valence-electron chi connectivity index (χ3n) is 5.21. The van der Waals surface area contributed by atoms with Crippen LogP contribution >= 0.6 is 11.3 Å². The molecule has 1 aliphatic heterocycles. The quantitative estimate of drug-likeness (QED) is 0.471. The van der Waals surface area contributed by atoms with E-state index in [0.29, 0.717) is 18.1 Å². The molecule has 2 aromatic carbocycles. The molecule has 1 atom stereocenters. The number of thiophene rings is 1. The van der Waals surface area contributed by atoms with Crippen molar-refractivity contribution in [1.82, 2.24) is 10.2 Å². The fourth-order valence-corrected chi connectivity index (χ4v) is 4.38. The zero-order valence-electron chi connectivity index (χ0n) is 16.4. The molecular formula is C24H18N4O2S. The number of fused-ring (bicyclic) bond motifs is 1. The van der Waals surface area contributed by atoms with Crippen molar-refractivity contribution in [1.29, 1.82) is 5.26 Å². The normalized spacial score (nSPS) is 15.1. The highest BCUT2D eigenvalue weighted by atomic mass is 32.1. The Morgan fingerprint density at radius 3 is 2.65 bits per heavy atom. The minimum atomic E-state index is -0.331. The zero-order chi connectivity index (χ0) is 21.2. The molecule has 1 aliphatic rings. The lowest BCUT2D eigenvalue weighted by molar-refractivity contribution is 0.306. The third kappa shape index (κ3) is 3.54. The highest BCUT2D eigenvalue weighted by molar-refractivity contribution is 7.08. The smallest absolute Gasteiger partial charge is 0.244 e. The summed E-state index contributed by atoms with van der Waals surface area (Å²) in [6.07, 6.45) is 0. The minimum Gasteiger partial charge on any atom is -0.489 e. The van der Waals surface area contributed by atoms with Gasteiger partial charge in [0.05, 0.1) is 17.2 Å². The summed E-state index contributed by atoms with van der Waals surface area (Å²) in [5.41, 5.74) is 11.0. The van der Waals surface area contributed by atoms with Gasteiger partial charge in [-0.05, 0) is 52.2 Å². The predicted molar refractivity (Wildman–Crippen MR) is 118 cm³/mol. The molecule has 4 aromatic rings. The van der Waals surface area contributed by atoms with Crippen LogP contribution in [0.5, 0.6) is 11.6 Å². The van der Waals surface area contributed by atoms with E-state index in [2.05, 4.69) is 16.3 Å². The molecule has 0 aliphatic carbocycles. The average molecular weight is 427 g/mol. The predicted octanol–water partition coefficient (Wildman–Crippen LogP) is 4.94. The van der Waals surface area contributed by atoms with E-state index >= 15 is 0 Å². The van der Waals surface area contributed by atoms with Crippen molar-refractivity contribution in [3.8, 4) is 29.0 Å². The molecule has 152 valence electrons. The second-order valence-corrected chi connectivity index (χ2v) is 7.88. The number of ether oxygens (including phenoxy) is 2. The van der Waals surface area contributed by atoms with Crippen molar-refractivity contribution in [2.45, 2.75) is 12.5 Å². The number of hydrogen-bond acceptors (Lipinski definition) is 6. The Labute approximate surface area is 183 Å². The number of nitrogens with two attached hydrogens (primary N) is 1. The van der Waals surface area contributed by atoms with Gasteiger partial charge in [-0.3, -0.25) is 5.10 Å². The summed E-state index contributed by atoms with van der Waals surface area (Å²) >= 11 is 1.57. The molecule has 3 N–H and O–H groups in total. The standard InChI is InChI=1S/C24H18N4O2S/c25-12-19-20(17-10-11-31-14-17)21-22(27-28-24(21)30-23(19)26)16-6-8-18(9-7-16)29-13-15-4-2-1-3-5-15/h1-11,14,20H,13,26H2,(H,27,28)/t20-/m1/s1. The lowest BCUT2D eigenvalue weighted by Crippen LogP contribution is -2.20. The van der Waals surface area contributed by atoms with Crippen LogP contribution in [-0.4, -0.2) is 10.2 Å². The van der Waals surface area contributed by atoms with Gasteiger partial charge in [-0.2, -0.15) is 16.6 Å². The highest BCUT2D eigenvalue weighted by Gasteiger charge is 2.35. The van der Waals surface area contributed by atoms with E-state index in [1.54, 1.807) is 11.3 Å². The van der Waals surface area contributed by atoms with Gasteiger partial charge in [0.15, 0.2) is 0 Å². The van der Waals surface area contributed by atoms with Gasteiger partial charge in [-0.25, -0.2) is 0 Å². The van der Waals surface area contributed by atoms with Gasteiger partial charge in [0.25, 0.3) is 0 Å². The number of nitriles is 1. The Hall–Kier alpha value is -4.02. The maximum Gasteiger partial charge on any atom is 0.244 e. The Morgan fingerprint density at radius 1 is 1.13 bits per heavy atom. The van der Waals surface area contributed by atoms with E-state index in [9.17, 15) is 5.26 Å². The Morgan fingerprint density at radius 2 is 1.94 bits per heavy atom. The number of aromatic nitrogens is 2. The van der Waals surface area contributed by atoms with Crippen LogP contribution in [0.25, 0.3) is 11.3 Å². The third-order valence-corrected chi connectivity index (χ3v) is 5.91. The molecular weight excluding hydrogens is 408 g/mol. The van der Waals surface area contributed by atoms with Crippen molar-refractivity contribution in [3.05, 3.63) is 99.6 Å². The average Bonchev–Trinajstić information content (AvgIpc) is 3.48. The first-order chi connectivity index (χ1) is 15.2. The summed E-state index contributed by atoms with van der Waals surface area (Å²) in [6, 6.07) is 22.0. The molecule has 0 unspecified atom stereocenters. The van der Waals surface area contributed by atoms with Crippen LogP contribution in [-0.2, 0) is 6.61 Å². The van der Waals surface area contributed by atoms with Crippen LogP contribution in [0.2, 0.25) is 0 Å². The van der Waals surface area contributed by atoms with Gasteiger partial charge >= 0.3 is 0 Å². The topological polar surface area (TPSA) is 97.0 Å². The van der Waals surface area contributed by atoms with Crippen LogP contribution < -0.4 is 15.2 Å². The number of hydrogen-bond donors (Lipinski definition) is 2. The van der Waals surface area contributed by atoms with Crippen LogP contribution in [0.1, 0.15) is 22.6 Å². The van der Waals surface area contributed by atoms with Crippen LogP contribution in [0.3, 0.4) is 0 Å². The monoisotopic (exact) mass is 426 g/mol. The molecule has 3 heterocycles. The number of benzene rings is 2. The lowest BCUT2D eigenvalue weighted by Gasteiger charge is -2.23. The van der Waals surface area contributed by atoms with E-state index in [0.717, 1.165) is 33.7 Å². The fourth-order valence-electron chi connectivity index (χ4n) is 3.70. The second kappa shape index (κ2) is 8.01. The molecule has 31 heavy (non-hydrogen) atoms. The summed E-state index contributed by atoms with van der Waals surface area (Å²) in [5.74, 6) is 0.928. The van der Waals surface area contributed by atoms with Crippen molar-refractivity contribution >= 4 is 11.3 Å². The fraction of sp³-hybridized carbons (Fsp3) is 0.0833. The summed E-state index contributed by atoms with van der Waals surface area (Å²) < 4.78 is 11.5. The molecule has 0 radical (unpaired) electrons. The largest absolute Gasteiger partial charge is 0.489 e. The molecule has 0 bridgehead atoms. The summed E-state index contributed by atoms with van der Waals surface area (Å²) in [4.78, 5) is 0. The molecule has 7 heteroatoms. The van der Waals surface area contributed by atoms with E-state index in [1.807, 2.05) is 71.4 Å². The second-order valence-electron chi connectivity index (χ2n) is 7.10. The van der Waals surface area contributed by atoms with Gasteiger partial charge < -0.3 is 15.2 Å². The number of H-pyrrole nitrogens is 1. The van der Waals surface area contributed by atoms with Crippen molar-refractivity contribution in [2.75, 3.05) is 0 Å². The Bertz CT molecular complexity index is 1270. The van der Waals surface area contributed by atoms with Crippen LogP contribution in [0, 0.1) is 11.3 Å². The number of nitrogens with one attached hydrogen (secondary N) is 1. The number of allylic oxidation sites excluding steroid dienone is 1. The molecule has 6 nitrogen and oxygen atoms in total. The minimum absolute atomic E-state index is 0.0916. The molecule has 5 rings (SSSR count). The van der Waals surface area contributed by atoms with Gasteiger partial charge in [-0.15, -0.1) is 5.10 Å². The van der Waals surface area contributed by atoms with Gasteiger partial charge in [0, 0.05) is 5.56 Å². The lowest BCUT2D eigenvalue weighted by atomic mass is 9.84. The van der Waals surface area contributed by atoms with Gasteiger partial charge in [0.2, 0.25) is 11.8 Å². The molecule has 2 aromatic heterocycles. The number of nitrogens with zero attached hydrogens (tertiary/aromatic N) is 2. The van der Waals surface area contributed by atoms with E-state index in [-0.39, 0.29) is 11.8 Å². The van der Waals surface area contributed by atoms with Gasteiger partial charge in [0.1, 0.15) is 24.0 Å².